The Morgan fingerprint density at radius 3 is 2.78 bits per heavy atom. The van der Waals surface area contributed by atoms with Crippen LogP contribution in [0.15, 0.2) is 42.5 Å². The lowest BCUT2D eigenvalue weighted by atomic mass is 9.98. The van der Waals surface area contributed by atoms with E-state index in [0.717, 1.165) is 0 Å². The Balaban J connectivity index is 1.61. The molecule has 0 radical (unpaired) electrons. The van der Waals surface area contributed by atoms with Crippen molar-refractivity contribution in [1.82, 2.24) is 10.6 Å². The number of hydrogen-bond acceptors (Lipinski definition) is 3. The third-order valence-corrected chi connectivity index (χ3v) is 4.67. The highest BCUT2D eigenvalue weighted by atomic mass is 19.1. The van der Waals surface area contributed by atoms with E-state index in [9.17, 15) is 18.4 Å². The van der Waals surface area contributed by atoms with Crippen LogP contribution in [0.2, 0.25) is 0 Å². The standard InChI is InChI=1S/C20H21F2N3O2/c1-23-15(9-12-4-2-3-5-16(12)22)11-19(26)24-18-10-13-8-14(21)6-7-17(13)25-20(18)27/h2-8,15,18,23H,9-11H2,1H3,(H,24,26)(H,25,27)/t15-,18?/m1/s1. The van der Waals surface area contributed by atoms with Crippen LogP contribution >= 0.6 is 0 Å². The van der Waals surface area contributed by atoms with Gasteiger partial charge < -0.3 is 16.0 Å². The van der Waals surface area contributed by atoms with Crippen LogP contribution in [0.4, 0.5) is 14.5 Å². The minimum Gasteiger partial charge on any atom is -0.344 e. The van der Waals surface area contributed by atoms with Gasteiger partial charge >= 0.3 is 0 Å². The molecule has 7 heteroatoms. The molecule has 0 spiro atoms. The van der Waals surface area contributed by atoms with Gasteiger partial charge in [-0.3, -0.25) is 9.59 Å². The summed E-state index contributed by atoms with van der Waals surface area (Å²) in [6.45, 7) is 0. The van der Waals surface area contributed by atoms with E-state index in [0.29, 0.717) is 23.2 Å². The van der Waals surface area contributed by atoms with Crippen LogP contribution in [0.1, 0.15) is 17.5 Å². The summed E-state index contributed by atoms with van der Waals surface area (Å²) in [7, 11) is 1.70. The Morgan fingerprint density at radius 1 is 1.26 bits per heavy atom. The molecule has 0 bridgehead atoms. The highest BCUT2D eigenvalue weighted by Gasteiger charge is 2.28. The number of likely N-dealkylation sites (N-methyl/N-ethyl adjacent to an activating group) is 1. The first-order valence-corrected chi connectivity index (χ1v) is 8.75. The second-order valence-corrected chi connectivity index (χ2v) is 6.60. The van der Waals surface area contributed by atoms with Crippen molar-refractivity contribution >= 4 is 17.5 Å². The van der Waals surface area contributed by atoms with Crippen molar-refractivity contribution < 1.29 is 18.4 Å². The monoisotopic (exact) mass is 373 g/mol. The van der Waals surface area contributed by atoms with Crippen molar-refractivity contribution in [2.75, 3.05) is 12.4 Å². The predicted octanol–water partition coefficient (Wildman–Crippen LogP) is 2.16. The summed E-state index contributed by atoms with van der Waals surface area (Å²) in [6, 6.07) is 9.50. The number of benzene rings is 2. The number of amides is 2. The molecule has 27 heavy (non-hydrogen) atoms. The summed E-state index contributed by atoms with van der Waals surface area (Å²) >= 11 is 0. The van der Waals surface area contributed by atoms with Gasteiger partial charge in [0.25, 0.3) is 0 Å². The lowest BCUT2D eigenvalue weighted by Crippen LogP contribution is -2.49. The number of fused-ring (bicyclic) bond motifs is 1. The van der Waals surface area contributed by atoms with E-state index in [-0.39, 0.29) is 36.5 Å². The molecule has 0 aliphatic carbocycles. The van der Waals surface area contributed by atoms with Gasteiger partial charge in [0.05, 0.1) is 0 Å². The Labute approximate surface area is 156 Å². The maximum Gasteiger partial charge on any atom is 0.247 e. The molecule has 1 unspecified atom stereocenters. The maximum absolute atomic E-state index is 13.8. The molecule has 0 saturated carbocycles. The molecule has 3 rings (SSSR count). The Kier molecular flexibility index (Phi) is 5.81. The van der Waals surface area contributed by atoms with E-state index in [2.05, 4.69) is 16.0 Å². The lowest BCUT2D eigenvalue weighted by molar-refractivity contribution is -0.127. The fourth-order valence-electron chi connectivity index (χ4n) is 3.18. The van der Waals surface area contributed by atoms with Crippen molar-refractivity contribution in [3.63, 3.8) is 0 Å². The zero-order valence-electron chi connectivity index (χ0n) is 14.9. The number of nitrogens with one attached hydrogen (secondary N) is 3. The summed E-state index contributed by atoms with van der Waals surface area (Å²) in [4.78, 5) is 24.6. The first-order chi connectivity index (χ1) is 13.0. The third kappa shape index (κ3) is 4.68. The smallest absolute Gasteiger partial charge is 0.247 e. The molecule has 0 saturated heterocycles. The molecule has 2 atom stereocenters. The average Bonchev–Trinajstić information content (AvgIpc) is 2.64. The first-order valence-electron chi connectivity index (χ1n) is 8.75. The van der Waals surface area contributed by atoms with Crippen LogP contribution in [0, 0.1) is 11.6 Å². The summed E-state index contributed by atoms with van der Waals surface area (Å²) < 4.78 is 27.2. The summed E-state index contributed by atoms with van der Waals surface area (Å²) in [5.74, 6) is -1.37. The van der Waals surface area contributed by atoms with E-state index in [1.54, 1.807) is 25.2 Å². The maximum atomic E-state index is 13.8. The van der Waals surface area contributed by atoms with Gasteiger partial charge in [0.2, 0.25) is 11.8 Å². The molecule has 0 aromatic heterocycles. The topological polar surface area (TPSA) is 70.2 Å². The summed E-state index contributed by atoms with van der Waals surface area (Å²) in [5, 5.41) is 8.36. The Bertz CT molecular complexity index is 857. The molecular formula is C20H21F2N3O2. The number of anilines is 1. The van der Waals surface area contributed by atoms with E-state index in [1.807, 2.05) is 0 Å². The quantitative estimate of drug-likeness (QED) is 0.727. The van der Waals surface area contributed by atoms with Crippen LogP contribution in [0.3, 0.4) is 0 Å². The number of carbonyl (C=O) groups is 2. The van der Waals surface area contributed by atoms with Gasteiger partial charge in [0.15, 0.2) is 0 Å². The molecule has 2 amide bonds. The molecule has 0 fully saturated rings. The predicted molar refractivity (Wildman–Crippen MR) is 98.2 cm³/mol. The van der Waals surface area contributed by atoms with Gasteiger partial charge in [-0.2, -0.15) is 0 Å². The first kappa shape index (κ1) is 19.0. The Morgan fingerprint density at radius 2 is 2.04 bits per heavy atom. The van der Waals surface area contributed by atoms with Crippen LogP contribution in [-0.4, -0.2) is 30.9 Å². The second-order valence-electron chi connectivity index (χ2n) is 6.60. The van der Waals surface area contributed by atoms with Crippen molar-refractivity contribution in [2.45, 2.75) is 31.3 Å². The SMILES string of the molecule is CN[C@@H](CC(=O)NC1Cc2cc(F)ccc2NC1=O)Cc1ccccc1F. The third-order valence-electron chi connectivity index (χ3n) is 4.67. The molecule has 1 aliphatic rings. The Hall–Kier alpha value is -2.80. The molecule has 142 valence electrons. The molecule has 2 aromatic carbocycles. The largest absolute Gasteiger partial charge is 0.344 e. The minimum atomic E-state index is -0.766. The highest BCUT2D eigenvalue weighted by Crippen LogP contribution is 2.23. The molecule has 1 aliphatic heterocycles. The normalized spacial score (nSPS) is 17.0. The van der Waals surface area contributed by atoms with Gasteiger partial charge in [-0.25, -0.2) is 8.78 Å². The summed E-state index contributed by atoms with van der Waals surface area (Å²) in [6.07, 6.45) is 0.661. The van der Waals surface area contributed by atoms with E-state index in [1.165, 1.54) is 24.3 Å². The van der Waals surface area contributed by atoms with Gasteiger partial charge in [0.1, 0.15) is 17.7 Å². The van der Waals surface area contributed by atoms with Gasteiger partial charge in [-0.1, -0.05) is 18.2 Å². The van der Waals surface area contributed by atoms with Crippen LogP contribution in [0.5, 0.6) is 0 Å². The highest BCUT2D eigenvalue weighted by molar-refractivity contribution is 6.00. The van der Waals surface area contributed by atoms with Crippen molar-refractivity contribution in [1.29, 1.82) is 0 Å². The number of rotatable bonds is 6. The van der Waals surface area contributed by atoms with E-state index >= 15 is 0 Å². The van der Waals surface area contributed by atoms with Crippen LogP contribution in [0.25, 0.3) is 0 Å². The molecule has 2 aromatic rings. The van der Waals surface area contributed by atoms with Gasteiger partial charge in [-0.15, -0.1) is 0 Å². The number of halogens is 2. The number of carbonyl (C=O) groups excluding carboxylic acids is 2. The second kappa shape index (κ2) is 8.26. The number of hydrogen-bond donors (Lipinski definition) is 3. The molecule has 3 N–H and O–H groups in total. The van der Waals surface area contributed by atoms with Crippen LogP contribution < -0.4 is 16.0 Å². The zero-order chi connectivity index (χ0) is 19.4. The molecular weight excluding hydrogens is 352 g/mol. The minimum absolute atomic E-state index is 0.0879. The molecule has 1 heterocycles. The van der Waals surface area contributed by atoms with E-state index < -0.39 is 11.9 Å². The average molecular weight is 373 g/mol. The van der Waals surface area contributed by atoms with Crippen molar-refractivity contribution in [3.05, 3.63) is 65.2 Å². The summed E-state index contributed by atoms with van der Waals surface area (Å²) in [5.41, 5.74) is 1.71. The van der Waals surface area contributed by atoms with E-state index in [4.69, 9.17) is 0 Å². The molecule has 5 nitrogen and oxygen atoms in total. The van der Waals surface area contributed by atoms with Crippen molar-refractivity contribution in [3.8, 4) is 0 Å². The fraction of sp³-hybridized carbons (Fsp3) is 0.300. The van der Waals surface area contributed by atoms with Crippen molar-refractivity contribution in [2.24, 2.45) is 0 Å². The zero-order valence-corrected chi connectivity index (χ0v) is 14.9. The lowest BCUT2D eigenvalue weighted by Gasteiger charge is -2.26. The van der Waals surface area contributed by atoms with Crippen LogP contribution in [-0.2, 0) is 22.4 Å². The van der Waals surface area contributed by atoms with Gasteiger partial charge in [0, 0.05) is 24.6 Å². The van der Waals surface area contributed by atoms with Gasteiger partial charge in [-0.05, 0) is 48.9 Å². The fourth-order valence-corrected chi connectivity index (χ4v) is 3.18.